The van der Waals surface area contributed by atoms with E-state index in [1.165, 1.54) is 0 Å². The van der Waals surface area contributed by atoms with Gasteiger partial charge in [0, 0.05) is 12.2 Å². The van der Waals surface area contributed by atoms with Crippen LogP contribution >= 0.6 is 0 Å². The van der Waals surface area contributed by atoms with E-state index in [0.29, 0.717) is 30.6 Å². The topological polar surface area (TPSA) is 47.9 Å². The molecular formula is C14H22O4. The summed E-state index contributed by atoms with van der Waals surface area (Å²) in [6.45, 7) is 5.83. The van der Waals surface area contributed by atoms with Gasteiger partial charge in [-0.15, -0.1) is 0 Å². The summed E-state index contributed by atoms with van der Waals surface area (Å²) in [7, 11) is 1.58. The van der Waals surface area contributed by atoms with Crippen molar-refractivity contribution >= 4 is 0 Å². The molecule has 0 aromatic heterocycles. The fourth-order valence-corrected chi connectivity index (χ4v) is 1.53. The molecule has 0 radical (unpaired) electrons. The maximum absolute atomic E-state index is 9.25. The second-order valence-electron chi connectivity index (χ2n) is 4.42. The normalized spacial score (nSPS) is 10.7. The van der Waals surface area contributed by atoms with Gasteiger partial charge in [0.1, 0.15) is 6.61 Å². The SMILES string of the molecule is COc1cccc(CO)c1OCCOCC(C)C. The Kier molecular flexibility index (Phi) is 6.54. The molecule has 1 aromatic carbocycles. The molecule has 0 unspecified atom stereocenters. The number of ether oxygens (including phenoxy) is 3. The van der Waals surface area contributed by atoms with Gasteiger partial charge in [0.15, 0.2) is 11.5 Å². The Morgan fingerprint density at radius 2 is 2.00 bits per heavy atom. The van der Waals surface area contributed by atoms with Gasteiger partial charge in [0.05, 0.1) is 20.3 Å². The molecule has 0 aliphatic heterocycles. The van der Waals surface area contributed by atoms with Gasteiger partial charge in [0.2, 0.25) is 0 Å². The molecular weight excluding hydrogens is 232 g/mol. The summed E-state index contributed by atoms with van der Waals surface area (Å²) in [6.07, 6.45) is 0. The highest BCUT2D eigenvalue weighted by molar-refractivity contribution is 5.46. The van der Waals surface area contributed by atoms with Crippen LogP contribution in [-0.2, 0) is 11.3 Å². The van der Waals surface area contributed by atoms with Crippen LogP contribution in [0.15, 0.2) is 18.2 Å². The van der Waals surface area contributed by atoms with Crippen molar-refractivity contribution in [1.29, 1.82) is 0 Å². The monoisotopic (exact) mass is 254 g/mol. The third-order valence-corrected chi connectivity index (χ3v) is 2.38. The Morgan fingerprint density at radius 1 is 1.22 bits per heavy atom. The number of methoxy groups -OCH3 is 1. The van der Waals surface area contributed by atoms with Gasteiger partial charge in [-0.2, -0.15) is 0 Å². The van der Waals surface area contributed by atoms with Gasteiger partial charge in [-0.05, 0) is 12.0 Å². The second-order valence-corrected chi connectivity index (χ2v) is 4.42. The highest BCUT2D eigenvalue weighted by atomic mass is 16.5. The van der Waals surface area contributed by atoms with Crippen molar-refractivity contribution in [3.8, 4) is 11.5 Å². The molecule has 4 heteroatoms. The molecule has 0 saturated heterocycles. The molecule has 4 nitrogen and oxygen atoms in total. The average Bonchev–Trinajstić information content (AvgIpc) is 2.37. The molecule has 1 aromatic rings. The van der Waals surface area contributed by atoms with Crippen molar-refractivity contribution < 1.29 is 19.3 Å². The van der Waals surface area contributed by atoms with E-state index in [4.69, 9.17) is 14.2 Å². The van der Waals surface area contributed by atoms with E-state index in [9.17, 15) is 5.11 Å². The zero-order valence-corrected chi connectivity index (χ0v) is 11.3. The summed E-state index contributed by atoms with van der Waals surface area (Å²) in [5, 5.41) is 9.25. The molecule has 0 amide bonds. The van der Waals surface area contributed by atoms with Crippen molar-refractivity contribution in [3.63, 3.8) is 0 Å². The van der Waals surface area contributed by atoms with Crippen molar-refractivity contribution in [1.82, 2.24) is 0 Å². The summed E-state index contributed by atoms with van der Waals surface area (Å²) in [5.41, 5.74) is 0.721. The number of hydrogen-bond donors (Lipinski definition) is 1. The molecule has 0 heterocycles. The van der Waals surface area contributed by atoms with Gasteiger partial charge in [-0.1, -0.05) is 26.0 Å². The molecule has 0 bridgehead atoms. The van der Waals surface area contributed by atoms with Crippen LogP contribution in [0.4, 0.5) is 0 Å². The lowest BCUT2D eigenvalue weighted by Gasteiger charge is -2.14. The van der Waals surface area contributed by atoms with Crippen LogP contribution in [0.3, 0.4) is 0 Å². The largest absolute Gasteiger partial charge is 0.493 e. The van der Waals surface area contributed by atoms with Crippen molar-refractivity contribution in [2.75, 3.05) is 26.9 Å². The van der Waals surface area contributed by atoms with Crippen LogP contribution < -0.4 is 9.47 Å². The average molecular weight is 254 g/mol. The van der Waals surface area contributed by atoms with Crippen LogP contribution in [0.1, 0.15) is 19.4 Å². The first-order chi connectivity index (χ1) is 8.69. The molecule has 0 aliphatic rings. The maximum Gasteiger partial charge on any atom is 0.166 e. The van der Waals surface area contributed by atoms with Gasteiger partial charge >= 0.3 is 0 Å². The predicted octanol–water partition coefficient (Wildman–Crippen LogP) is 2.24. The van der Waals surface area contributed by atoms with E-state index >= 15 is 0 Å². The van der Waals surface area contributed by atoms with Gasteiger partial charge in [-0.25, -0.2) is 0 Å². The minimum atomic E-state index is -0.0701. The van der Waals surface area contributed by atoms with E-state index in [1.807, 2.05) is 18.2 Å². The Hall–Kier alpha value is -1.26. The Labute approximate surface area is 108 Å². The lowest BCUT2D eigenvalue weighted by molar-refractivity contribution is 0.0803. The summed E-state index contributed by atoms with van der Waals surface area (Å²) >= 11 is 0. The fourth-order valence-electron chi connectivity index (χ4n) is 1.53. The third-order valence-electron chi connectivity index (χ3n) is 2.38. The number of aliphatic hydroxyl groups is 1. The van der Waals surface area contributed by atoms with E-state index < -0.39 is 0 Å². The molecule has 0 atom stereocenters. The summed E-state index contributed by atoms with van der Waals surface area (Å²) in [4.78, 5) is 0. The molecule has 0 fully saturated rings. The second kappa shape index (κ2) is 7.95. The Balaban J connectivity index is 2.50. The standard InChI is InChI=1S/C14H22O4/c1-11(2)10-17-7-8-18-14-12(9-15)5-4-6-13(14)16-3/h4-6,11,15H,7-10H2,1-3H3. The molecule has 1 N–H and O–H groups in total. The maximum atomic E-state index is 9.25. The Morgan fingerprint density at radius 3 is 2.61 bits per heavy atom. The van der Waals surface area contributed by atoms with Gasteiger partial charge in [0.25, 0.3) is 0 Å². The van der Waals surface area contributed by atoms with E-state index in [0.717, 1.165) is 12.2 Å². The number of benzene rings is 1. The molecule has 0 saturated carbocycles. The van der Waals surface area contributed by atoms with Crippen LogP contribution in [-0.4, -0.2) is 32.0 Å². The summed E-state index contributed by atoms with van der Waals surface area (Å²) in [5.74, 6) is 1.74. The van der Waals surface area contributed by atoms with Crippen LogP contribution in [0.25, 0.3) is 0 Å². The summed E-state index contributed by atoms with van der Waals surface area (Å²) in [6, 6.07) is 5.45. The minimum Gasteiger partial charge on any atom is -0.493 e. The molecule has 0 aliphatic carbocycles. The van der Waals surface area contributed by atoms with E-state index in [1.54, 1.807) is 7.11 Å². The van der Waals surface area contributed by atoms with Crippen LogP contribution in [0, 0.1) is 5.92 Å². The highest BCUT2D eigenvalue weighted by Gasteiger charge is 2.09. The lowest BCUT2D eigenvalue weighted by Crippen LogP contribution is -2.11. The zero-order valence-electron chi connectivity index (χ0n) is 11.3. The molecule has 1 rings (SSSR count). The Bertz CT molecular complexity index is 327. The van der Waals surface area contributed by atoms with Gasteiger partial charge < -0.3 is 19.3 Å². The highest BCUT2D eigenvalue weighted by Crippen LogP contribution is 2.30. The van der Waals surface area contributed by atoms with Crippen molar-refractivity contribution in [2.45, 2.75) is 20.5 Å². The summed E-state index contributed by atoms with van der Waals surface area (Å²) < 4.78 is 16.3. The number of para-hydroxylation sites is 1. The van der Waals surface area contributed by atoms with Crippen LogP contribution in [0.2, 0.25) is 0 Å². The number of rotatable bonds is 8. The number of aliphatic hydroxyl groups excluding tert-OH is 1. The smallest absolute Gasteiger partial charge is 0.166 e. The lowest BCUT2D eigenvalue weighted by atomic mass is 10.2. The van der Waals surface area contributed by atoms with E-state index in [2.05, 4.69) is 13.8 Å². The van der Waals surface area contributed by atoms with E-state index in [-0.39, 0.29) is 6.61 Å². The third kappa shape index (κ3) is 4.55. The first kappa shape index (κ1) is 14.8. The fraction of sp³-hybridized carbons (Fsp3) is 0.571. The molecule has 102 valence electrons. The first-order valence-electron chi connectivity index (χ1n) is 6.16. The quantitative estimate of drug-likeness (QED) is 0.723. The van der Waals surface area contributed by atoms with Crippen molar-refractivity contribution in [2.24, 2.45) is 5.92 Å². The molecule has 18 heavy (non-hydrogen) atoms. The van der Waals surface area contributed by atoms with Crippen molar-refractivity contribution in [3.05, 3.63) is 23.8 Å². The van der Waals surface area contributed by atoms with Gasteiger partial charge in [-0.3, -0.25) is 0 Å². The minimum absolute atomic E-state index is 0.0701. The predicted molar refractivity (Wildman–Crippen MR) is 70.1 cm³/mol. The first-order valence-corrected chi connectivity index (χ1v) is 6.16. The zero-order chi connectivity index (χ0) is 13.4. The van der Waals surface area contributed by atoms with Crippen LogP contribution in [0.5, 0.6) is 11.5 Å². The number of hydrogen-bond acceptors (Lipinski definition) is 4. The molecule has 0 spiro atoms.